The molecule has 0 aromatic heterocycles. The smallest absolute Gasteiger partial charge is 0.337 e. The van der Waals surface area contributed by atoms with Gasteiger partial charge in [-0.1, -0.05) is 0 Å². The molecule has 0 spiro atoms. The summed E-state index contributed by atoms with van der Waals surface area (Å²) in [6.45, 7) is 2.58. The van der Waals surface area contributed by atoms with Crippen LogP contribution in [0.3, 0.4) is 0 Å². The molecule has 1 unspecified atom stereocenters. The third-order valence-corrected chi connectivity index (χ3v) is 3.28. The van der Waals surface area contributed by atoms with Crippen molar-refractivity contribution in [1.82, 2.24) is 4.90 Å². The number of rotatable bonds is 5. The zero-order chi connectivity index (χ0) is 15.2. The molecular formula is C15H19NO5. The zero-order valence-electron chi connectivity index (χ0n) is 12.2. The third-order valence-electron chi connectivity index (χ3n) is 3.28. The predicted molar refractivity (Wildman–Crippen MR) is 74.8 cm³/mol. The standard InChI is InChI=1S/C15H19NO5/c1-11(17)21-14-4-3-9-16(14)10-20-13-7-5-12(6-8-13)15(18)19-2/h5-8,14H,3-4,9-10H2,1-2H3. The lowest BCUT2D eigenvalue weighted by atomic mass is 10.2. The number of carbonyl (C=O) groups is 2. The second-order valence-corrected chi connectivity index (χ2v) is 4.81. The Kier molecular flexibility index (Phi) is 5.16. The first kappa shape index (κ1) is 15.3. The maximum atomic E-state index is 11.3. The van der Waals surface area contributed by atoms with E-state index in [1.807, 2.05) is 4.90 Å². The Bertz CT molecular complexity index is 499. The van der Waals surface area contributed by atoms with Gasteiger partial charge in [-0.3, -0.25) is 4.79 Å². The van der Waals surface area contributed by atoms with Gasteiger partial charge in [0.1, 0.15) is 12.5 Å². The number of hydrogen-bond donors (Lipinski definition) is 0. The number of ether oxygens (including phenoxy) is 3. The van der Waals surface area contributed by atoms with Gasteiger partial charge in [-0.2, -0.15) is 0 Å². The van der Waals surface area contributed by atoms with E-state index in [2.05, 4.69) is 4.74 Å². The molecular weight excluding hydrogens is 274 g/mol. The molecule has 0 N–H and O–H groups in total. The first-order valence-electron chi connectivity index (χ1n) is 6.82. The number of benzene rings is 1. The lowest BCUT2D eigenvalue weighted by molar-refractivity contribution is -0.156. The molecule has 6 nitrogen and oxygen atoms in total. The highest BCUT2D eigenvalue weighted by molar-refractivity contribution is 5.89. The number of nitrogens with zero attached hydrogens (tertiary/aromatic N) is 1. The van der Waals surface area contributed by atoms with Crippen molar-refractivity contribution in [2.24, 2.45) is 0 Å². The first-order chi connectivity index (χ1) is 10.1. The molecule has 21 heavy (non-hydrogen) atoms. The van der Waals surface area contributed by atoms with Crippen LogP contribution in [0.5, 0.6) is 5.75 Å². The van der Waals surface area contributed by atoms with Crippen LogP contribution in [0.4, 0.5) is 0 Å². The minimum atomic E-state index is -0.379. The number of methoxy groups -OCH3 is 1. The molecule has 1 aliphatic rings. The van der Waals surface area contributed by atoms with Crippen LogP contribution in [0.15, 0.2) is 24.3 Å². The van der Waals surface area contributed by atoms with Crippen LogP contribution in [0.25, 0.3) is 0 Å². The van der Waals surface area contributed by atoms with E-state index in [4.69, 9.17) is 9.47 Å². The zero-order valence-corrected chi connectivity index (χ0v) is 12.2. The minimum Gasteiger partial charge on any atom is -0.478 e. The van der Waals surface area contributed by atoms with Gasteiger partial charge in [-0.15, -0.1) is 0 Å². The highest BCUT2D eigenvalue weighted by Crippen LogP contribution is 2.20. The molecule has 1 fully saturated rings. The molecule has 1 aromatic rings. The van der Waals surface area contributed by atoms with Crippen molar-refractivity contribution in [3.8, 4) is 5.75 Å². The Morgan fingerprint density at radius 2 is 2.00 bits per heavy atom. The summed E-state index contributed by atoms with van der Waals surface area (Å²) < 4.78 is 15.5. The lowest BCUT2D eigenvalue weighted by Crippen LogP contribution is -2.35. The van der Waals surface area contributed by atoms with Crippen molar-refractivity contribution in [2.45, 2.75) is 26.0 Å². The maximum Gasteiger partial charge on any atom is 0.337 e. The fraction of sp³-hybridized carbons (Fsp3) is 0.467. The predicted octanol–water partition coefficient (Wildman–Crippen LogP) is 1.79. The van der Waals surface area contributed by atoms with Crippen molar-refractivity contribution in [1.29, 1.82) is 0 Å². The van der Waals surface area contributed by atoms with Crippen molar-refractivity contribution in [3.63, 3.8) is 0 Å². The number of esters is 2. The molecule has 2 rings (SSSR count). The molecule has 114 valence electrons. The molecule has 0 radical (unpaired) electrons. The topological polar surface area (TPSA) is 65.1 Å². The van der Waals surface area contributed by atoms with Crippen molar-refractivity contribution in [2.75, 3.05) is 20.4 Å². The van der Waals surface area contributed by atoms with Crippen LogP contribution in [0, 0.1) is 0 Å². The molecule has 0 amide bonds. The van der Waals surface area contributed by atoms with Gasteiger partial charge in [0.05, 0.1) is 12.7 Å². The highest BCUT2D eigenvalue weighted by Gasteiger charge is 2.27. The van der Waals surface area contributed by atoms with Crippen LogP contribution < -0.4 is 4.74 Å². The van der Waals surface area contributed by atoms with Crippen molar-refractivity contribution < 1.29 is 23.8 Å². The van der Waals surface area contributed by atoms with Gasteiger partial charge in [-0.25, -0.2) is 9.69 Å². The fourth-order valence-electron chi connectivity index (χ4n) is 2.23. The normalized spacial score (nSPS) is 18.3. The number of carbonyl (C=O) groups excluding carboxylic acids is 2. The summed E-state index contributed by atoms with van der Waals surface area (Å²) in [6, 6.07) is 6.72. The molecule has 1 aromatic carbocycles. The molecule has 1 aliphatic heterocycles. The summed E-state index contributed by atoms with van der Waals surface area (Å²) in [7, 11) is 1.34. The molecule has 0 bridgehead atoms. The van der Waals surface area contributed by atoms with Crippen LogP contribution in [0.1, 0.15) is 30.1 Å². The maximum absolute atomic E-state index is 11.3. The molecule has 0 saturated carbocycles. The summed E-state index contributed by atoms with van der Waals surface area (Å²) in [6.07, 6.45) is 1.59. The molecule has 1 atom stereocenters. The van der Waals surface area contributed by atoms with Gasteiger partial charge in [0, 0.05) is 13.5 Å². The average molecular weight is 293 g/mol. The Morgan fingerprint density at radius 1 is 1.29 bits per heavy atom. The highest BCUT2D eigenvalue weighted by atomic mass is 16.6. The summed E-state index contributed by atoms with van der Waals surface area (Å²) in [5, 5.41) is 0. The Labute approximate surface area is 123 Å². The Balaban J connectivity index is 1.87. The van der Waals surface area contributed by atoms with E-state index in [9.17, 15) is 9.59 Å². The third kappa shape index (κ3) is 4.19. The quantitative estimate of drug-likeness (QED) is 0.771. The van der Waals surface area contributed by atoms with E-state index < -0.39 is 0 Å². The fourth-order valence-corrected chi connectivity index (χ4v) is 2.23. The largest absolute Gasteiger partial charge is 0.478 e. The Hall–Kier alpha value is -2.08. The summed E-state index contributed by atoms with van der Waals surface area (Å²) in [4.78, 5) is 24.3. The number of likely N-dealkylation sites (tertiary alicyclic amines) is 1. The number of hydrogen-bond acceptors (Lipinski definition) is 6. The van der Waals surface area contributed by atoms with E-state index in [0.717, 1.165) is 19.4 Å². The van der Waals surface area contributed by atoms with E-state index >= 15 is 0 Å². The summed E-state index contributed by atoms with van der Waals surface area (Å²) in [5.74, 6) is -0.0125. The van der Waals surface area contributed by atoms with Gasteiger partial charge in [0.2, 0.25) is 0 Å². The Morgan fingerprint density at radius 3 is 2.62 bits per heavy atom. The second-order valence-electron chi connectivity index (χ2n) is 4.81. The SMILES string of the molecule is COC(=O)c1ccc(OCN2CCCC2OC(C)=O)cc1. The first-order valence-corrected chi connectivity index (χ1v) is 6.82. The summed E-state index contributed by atoms with van der Waals surface area (Å²) >= 11 is 0. The van der Waals surface area contributed by atoms with Gasteiger partial charge in [-0.05, 0) is 37.1 Å². The van der Waals surface area contributed by atoms with Crippen LogP contribution in [-0.2, 0) is 14.3 Å². The minimum absolute atomic E-state index is 0.211. The van der Waals surface area contributed by atoms with Crippen molar-refractivity contribution in [3.05, 3.63) is 29.8 Å². The van der Waals surface area contributed by atoms with E-state index in [-0.39, 0.29) is 18.2 Å². The van der Waals surface area contributed by atoms with Crippen LogP contribution in [0.2, 0.25) is 0 Å². The van der Waals surface area contributed by atoms with E-state index in [1.165, 1.54) is 14.0 Å². The lowest BCUT2D eigenvalue weighted by Gasteiger charge is -2.23. The second kappa shape index (κ2) is 7.08. The van der Waals surface area contributed by atoms with Gasteiger partial charge >= 0.3 is 11.9 Å². The monoisotopic (exact) mass is 293 g/mol. The van der Waals surface area contributed by atoms with Crippen LogP contribution in [-0.4, -0.2) is 43.5 Å². The molecule has 6 heteroatoms. The van der Waals surface area contributed by atoms with Crippen molar-refractivity contribution >= 4 is 11.9 Å². The molecule has 0 aliphatic carbocycles. The summed E-state index contributed by atoms with van der Waals surface area (Å²) in [5.41, 5.74) is 0.476. The van der Waals surface area contributed by atoms with Gasteiger partial charge < -0.3 is 14.2 Å². The van der Waals surface area contributed by atoms with E-state index in [0.29, 0.717) is 18.0 Å². The van der Waals surface area contributed by atoms with E-state index in [1.54, 1.807) is 24.3 Å². The van der Waals surface area contributed by atoms with Gasteiger partial charge in [0.25, 0.3) is 0 Å². The van der Waals surface area contributed by atoms with Crippen LogP contribution >= 0.6 is 0 Å². The van der Waals surface area contributed by atoms with Gasteiger partial charge in [0.15, 0.2) is 6.23 Å². The molecule has 1 saturated heterocycles. The molecule has 1 heterocycles. The average Bonchev–Trinajstić information content (AvgIpc) is 2.91.